The zero-order chi connectivity index (χ0) is 18.2. The van der Waals surface area contributed by atoms with Gasteiger partial charge in [-0.25, -0.2) is 4.79 Å². The van der Waals surface area contributed by atoms with Gasteiger partial charge in [0, 0.05) is 21.6 Å². The number of rotatable bonds is 3. The second-order valence-corrected chi connectivity index (χ2v) is 8.01. The van der Waals surface area contributed by atoms with Gasteiger partial charge >= 0.3 is 5.97 Å². The molecule has 0 aliphatic heterocycles. The predicted molar refractivity (Wildman–Crippen MR) is 107 cm³/mol. The topological polar surface area (TPSA) is 53.1 Å². The molecule has 3 aromatic rings. The summed E-state index contributed by atoms with van der Waals surface area (Å²) in [6.07, 6.45) is 2.74. The molecule has 0 saturated carbocycles. The first-order chi connectivity index (χ1) is 11.7. The van der Waals surface area contributed by atoms with Crippen molar-refractivity contribution in [2.75, 3.05) is 0 Å². The van der Waals surface area contributed by atoms with Crippen LogP contribution in [0, 0.1) is 0 Å². The van der Waals surface area contributed by atoms with E-state index >= 15 is 0 Å². The lowest BCUT2D eigenvalue weighted by Crippen LogP contribution is -2.10. The average molecular weight is 398 g/mol. The molecule has 25 heavy (non-hydrogen) atoms. The van der Waals surface area contributed by atoms with Crippen molar-refractivity contribution in [1.82, 2.24) is 4.98 Å². The maximum atomic E-state index is 10.7. The summed E-state index contributed by atoms with van der Waals surface area (Å²) in [5.74, 6) is -0.954. The van der Waals surface area contributed by atoms with Gasteiger partial charge in [0.05, 0.1) is 5.52 Å². The summed E-state index contributed by atoms with van der Waals surface area (Å²) in [6.45, 7) is 6.61. The highest BCUT2D eigenvalue weighted by Gasteiger charge is 2.15. The van der Waals surface area contributed by atoms with Crippen LogP contribution in [0.15, 0.2) is 53.0 Å². The lowest BCUT2D eigenvalue weighted by atomic mass is 9.86. The fourth-order valence-electron chi connectivity index (χ4n) is 2.79. The van der Waals surface area contributed by atoms with E-state index in [-0.39, 0.29) is 5.41 Å². The van der Waals surface area contributed by atoms with Crippen LogP contribution >= 0.6 is 15.9 Å². The molecule has 0 radical (unpaired) electrons. The fraction of sp³-hybridized carbons (Fsp3) is 0.190. The molecule has 0 fully saturated rings. The van der Waals surface area contributed by atoms with Crippen molar-refractivity contribution in [3.8, 4) is 11.3 Å². The van der Waals surface area contributed by atoms with Crippen LogP contribution in [0.2, 0.25) is 0 Å². The highest BCUT2D eigenvalue weighted by atomic mass is 79.9. The third-order valence-electron chi connectivity index (χ3n) is 4.16. The van der Waals surface area contributed by atoms with E-state index in [1.54, 1.807) is 6.08 Å². The molecule has 0 atom stereocenters. The number of carboxylic acids is 1. The van der Waals surface area contributed by atoms with Crippen LogP contribution in [0.5, 0.6) is 0 Å². The summed E-state index contributed by atoms with van der Waals surface area (Å²) in [6, 6.07) is 14.5. The van der Waals surface area contributed by atoms with E-state index in [1.807, 2.05) is 12.1 Å². The van der Waals surface area contributed by atoms with Crippen LogP contribution in [0.1, 0.15) is 31.9 Å². The molecule has 2 N–H and O–H groups in total. The number of hydrogen-bond donors (Lipinski definition) is 2. The summed E-state index contributed by atoms with van der Waals surface area (Å²) in [4.78, 5) is 14.2. The van der Waals surface area contributed by atoms with E-state index in [4.69, 9.17) is 5.11 Å². The smallest absolute Gasteiger partial charge is 0.328 e. The van der Waals surface area contributed by atoms with Crippen molar-refractivity contribution in [2.24, 2.45) is 0 Å². The van der Waals surface area contributed by atoms with Gasteiger partial charge in [-0.15, -0.1) is 0 Å². The molecule has 3 rings (SSSR count). The largest absolute Gasteiger partial charge is 0.478 e. The molecule has 1 heterocycles. The summed E-state index contributed by atoms with van der Waals surface area (Å²) in [5.41, 5.74) is 5.41. The number of aromatic amines is 1. The van der Waals surface area contributed by atoms with Crippen LogP contribution in [-0.4, -0.2) is 16.1 Å². The molecular weight excluding hydrogens is 378 g/mol. The van der Waals surface area contributed by atoms with Crippen LogP contribution in [0.25, 0.3) is 28.2 Å². The standard InChI is InChI=1S/C21H20BrNO2/c1-21(2,3)16-6-4-5-14(11-16)18-12-15-9-13(7-8-19(24)25)10-17(22)20(15)23-18/h4-12,23H,1-3H3,(H,24,25)/b8-7+. The Labute approximate surface area is 155 Å². The molecule has 0 spiro atoms. The molecule has 0 aliphatic rings. The summed E-state index contributed by atoms with van der Waals surface area (Å²) in [5, 5.41) is 9.83. The molecule has 0 unspecified atom stereocenters. The van der Waals surface area contributed by atoms with Crippen LogP contribution in [0.3, 0.4) is 0 Å². The number of H-pyrrole nitrogens is 1. The van der Waals surface area contributed by atoms with Gasteiger partial charge in [-0.1, -0.05) is 39.0 Å². The first-order valence-electron chi connectivity index (χ1n) is 8.08. The molecule has 3 nitrogen and oxygen atoms in total. The average Bonchev–Trinajstić information content (AvgIpc) is 2.97. The molecule has 1 aromatic heterocycles. The Morgan fingerprint density at radius 1 is 1.16 bits per heavy atom. The minimum atomic E-state index is -0.954. The van der Waals surface area contributed by atoms with Gasteiger partial charge in [0.2, 0.25) is 0 Å². The number of nitrogens with one attached hydrogen (secondary N) is 1. The zero-order valence-corrected chi connectivity index (χ0v) is 16.0. The minimum absolute atomic E-state index is 0.0946. The van der Waals surface area contributed by atoms with Gasteiger partial charge in [-0.05, 0) is 68.4 Å². The number of carbonyl (C=O) groups is 1. The van der Waals surface area contributed by atoms with E-state index in [9.17, 15) is 4.79 Å². The van der Waals surface area contributed by atoms with E-state index < -0.39 is 5.97 Å². The quantitative estimate of drug-likeness (QED) is 0.533. The predicted octanol–water partition coefficient (Wildman–Crippen LogP) is 5.99. The molecule has 2 aromatic carbocycles. The molecule has 0 amide bonds. The van der Waals surface area contributed by atoms with Gasteiger partial charge in [0.15, 0.2) is 0 Å². The Kier molecular flexibility index (Phi) is 4.56. The van der Waals surface area contributed by atoms with Gasteiger partial charge in [0.25, 0.3) is 0 Å². The number of benzene rings is 2. The maximum Gasteiger partial charge on any atom is 0.328 e. The van der Waals surface area contributed by atoms with Crippen LogP contribution in [0.4, 0.5) is 0 Å². The van der Waals surface area contributed by atoms with E-state index in [0.29, 0.717) is 0 Å². The highest BCUT2D eigenvalue weighted by Crippen LogP contribution is 2.32. The number of carboxylic acid groups (broad SMARTS) is 1. The molecule has 128 valence electrons. The van der Waals surface area contributed by atoms with Crippen molar-refractivity contribution in [3.63, 3.8) is 0 Å². The highest BCUT2D eigenvalue weighted by molar-refractivity contribution is 9.10. The normalized spacial score (nSPS) is 12.2. The summed E-state index contributed by atoms with van der Waals surface area (Å²) >= 11 is 3.57. The van der Waals surface area contributed by atoms with Crippen molar-refractivity contribution in [3.05, 3.63) is 64.1 Å². The second-order valence-electron chi connectivity index (χ2n) is 7.15. The Bertz CT molecular complexity index is 977. The molecular formula is C21H20BrNO2. The Morgan fingerprint density at radius 3 is 2.60 bits per heavy atom. The third kappa shape index (κ3) is 3.85. The fourth-order valence-corrected chi connectivity index (χ4v) is 3.39. The van der Waals surface area contributed by atoms with Crippen molar-refractivity contribution in [1.29, 1.82) is 0 Å². The van der Waals surface area contributed by atoms with Crippen molar-refractivity contribution in [2.45, 2.75) is 26.2 Å². The SMILES string of the molecule is CC(C)(C)c1cccc(-c2cc3cc(/C=C/C(=O)O)cc(Br)c3[nH]2)c1. The van der Waals surface area contributed by atoms with Crippen LogP contribution in [-0.2, 0) is 10.2 Å². The number of aliphatic carboxylic acids is 1. The van der Waals surface area contributed by atoms with Crippen molar-refractivity contribution < 1.29 is 9.90 Å². The zero-order valence-electron chi connectivity index (χ0n) is 14.4. The lowest BCUT2D eigenvalue weighted by molar-refractivity contribution is -0.131. The monoisotopic (exact) mass is 397 g/mol. The molecule has 0 saturated heterocycles. The Morgan fingerprint density at radius 2 is 1.92 bits per heavy atom. The molecule has 0 aliphatic carbocycles. The van der Waals surface area contributed by atoms with E-state index in [1.165, 1.54) is 5.56 Å². The number of hydrogen-bond acceptors (Lipinski definition) is 1. The van der Waals surface area contributed by atoms with Gasteiger partial charge in [-0.3, -0.25) is 0 Å². The van der Waals surface area contributed by atoms with E-state index in [2.05, 4.69) is 72.0 Å². The van der Waals surface area contributed by atoms with E-state index in [0.717, 1.165) is 38.3 Å². The number of aromatic nitrogens is 1. The molecule has 4 heteroatoms. The second kappa shape index (κ2) is 6.52. The van der Waals surface area contributed by atoms with Crippen LogP contribution < -0.4 is 0 Å². The molecule has 0 bridgehead atoms. The Balaban J connectivity index is 2.07. The number of halogens is 1. The van der Waals surface area contributed by atoms with Crippen molar-refractivity contribution >= 4 is 38.9 Å². The lowest BCUT2D eigenvalue weighted by Gasteiger charge is -2.19. The van der Waals surface area contributed by atoms with Gasteiger partial charge in [0.1, 0.15) is 0 Å². The minimum Gasteiger partial charge on any atom is -0.478 e. The maximum absolute atomic E-state index is 10.7. The summed E-state index contributed by atoms with van der Waals surface area (Å²) in [7, 11) is 0. The first kappa shape index (κ1) is 17.5. The van der Waals surface area contributed by atoms with Gasteiger partial charge < -0.3 is 10.1 Å². The third-order valence-corrected chi connectivity index (χ3v) is 4.79. The number of fused-ring (bicyclic) bond motifs is 1. The van der Waals surface area contributed by atoms with Gasteiger partial charge in [-0.2, -0.15) is 0 Å². The summed E-state index contributed by atoms with van der Waals surface area (Å²) < 4.78 is 0.910. The first-order valence-corrected chi connectivity index (χ1v) is 8.87. The Hall–Kier alpha value is -2.33.